The Kier molecular flexibility index (Phi) is 6.27. The third-order valence-corrected chi connectivity index (χ3v) is 6.96. The highest BCUT2D eigenvalue weighted by Gasteiger charge is 2.65. The van der Waals surface area contributed by atoms with Crippen LogP contribution in [0.25, 0.3) is 11.1 Å². The number of hydrogen-bond donors (Lipinski definition) is 0. The summed E-state index contributed by atoms with van der Waals surface area (Å²) in [6.07, 6.45) is 6.52. The fourth-order valence-corrected chi connectivity index (χ4v) is 5.22. The van der Waals surface area contributed by atoms with E-state index in [1.807, 2.05) is 6.08 Å². The van der Waals surface area contributed by atoms with Crippen LogP contribution in [0.4, 0.5) is 26.3 Å². The van der Waals surface area contributed by atoms with E-state index in [2.05, 4.69) is 6.58 Å². The van der Waals surface area contributed by atoms with Crippen LogP contribution in [0.2, 0.25) is 0 Å². The van der Waals surface area contributed by atoms with Crippen LogP contribution in [0.1, 0.15) is 68.1 Å². The Morgan fingerprint density at radius 3 is 2.06 bits per heavy atom. The first-order chi connectivity index (χ1) is 15.6. The molecule has 0 heterocycles. The molecule has 0 spiro atoms. The first-order valence-electron chi connectivity index (χ1n) is 11.3. The lowest BCUT2D eigenvalue weighted by Crippen LogP contribution is -2.41. The summed E-state index contributed by atoms with van der Waals surface area (Å²) in [6.45, 7) is 5.20. The third-order valence-electron chi connectivity index (χ3n) is 6.96. The highest BCUT2D eigenvalue weighted by Crippen LogP contribution is 2.60. The van der Waals surface area contributed by atoms with Gasteiger partial charge in [-0.2, -0.15) is 17.6 Å². The van der Waals surface area contributed by atoms with E-state index in [1.54, 1.807) is 0 Å². The van der Waals surface area contributed by atoms with Gasteiger partial charge in [-0.1, -0.05) is 18.2 Å². The van der Waals surface area contributed by atoms with Gasteiger partial charge in [-0.15, -0.1) is 6.58 Å². The summed E-state index contributed by atoms with van der Waals surface area (Å²) >= 11 is 0. The largest absolute Gasteiger partial charge is 0.491 e. The van der Waals surface area contributed by atoms with Crippen LogP contribution in [0.5, 0.6) is 5.75 Å². The maximum Gasteiger partial charge on any atom is 0.343 e. The minimum atomic E-state index is -4.94. The molecule has 0 saturated heterocycles. The lowest BCUT2D eigenvalue weighted by molar-refractivity contribution is -0.228. The maximum atomic E-state index is 15.5. The molecule has 178 valence electrons. The van der Waals surface area contributed by atoms with Crippen molar-refractivity contribution >= 4 is 0 Å². The van der Waals surface area contributed by atoms with Gasteiger partial charge >= 0.3 is 11.8 Å². The molecule has 33 heavy (non-hydrogen) atoms. The molecular weight excluding hydrogens is 442 g/mol. The predicted molar refractivity (Wildman–Crippen MR) is 115 cm³/mol. The van der Waals surface area contributed by atoms with Gasteiger partial charge < -0.3 is 4.74 Å². The second kappa shape index (κ2) is 8.73. The molecule has 1 fully saturated rings. The minimum Gasteiger partial charge on any atom is -0.491 e. The van der Waals surface area contributed by atoms with Gasteiger partial charge in [0, 0.05) is 0 Å². The Balaban J connectivity index is 1.78. The van der Waals surface area contributed by atoms with Crippen molar-refractivity contribution in [2.24, 2.45) is 5.92 Å². The highest BCUT2D eigenvalue weighted by molar-refractivity contribution is 5.77. The van der Waals surface area contributed by atoms with Gasteiger partial charge in [0.05, 0.1) is 17.7 Å². The van der Waals surface area contributed by atoms with E-state index in [4.69, 9.17) is 4.74 Å². The van der Waals surface area contributed by atoms with Crippen molar-refractivity contribution in [1.82, 2.24) is 0 Å². The molecule has 0 N–H and O–H groups in total. The molecule has 0 aromatic heterocycles. The second-order valence-corrected chi connectivity index (χ2v) is 8.86. The Labute approximate surface area is 189 Å². The SMILES string of the molecule is C=CCCC1CCC(c2ccc3c(c2F)C(F)(F)C(F)(F)c2c-3ccc(OCC)c2F)CC1. The molecule has 1 saturated carbocycles. The van der Waals surface area contributed by atoms with E-state index in [1.165, 1.54) is 19.1 Å². The number of hydrogen-bond acceptors (Lipinski definition) is 1. The van der Waals surface area contributed by atoms with Gasteiger partial charge in [-0.3, -0.25) is 0 Å². The van der Waals surface area contributed by atoms with Crippen molar-refractivity contribution in [3.8, 4) is 16.9 Å². The molecule has 0 aliphatic heterocycles. The van der Waals surface area contributed by atoms with Crippen LogP contribution < -0.4 is 4.74 Å². The Hall–Kier alpha value is -2.44. The fourth-order valence-electron chi connectivity index (χ4n) is 5.22. The van der Waals surface area contributed by atoms with E-state index in [0.29, 0.717) is 18.8 Å². The number of fused-ring (bicyclic) bond motifs is 3. The standard InChI is InChI=1S/C26H26F6O/c1-3-5-6-15-7-9-16(10-8-15)17-11-12-18-19-13-14-20(33-4-2)24(28)22(19)26(31,32)25(29,30)21(18)23(17)27/h3,11-16H,1,4-10H2,2H3. The summed E-state index contributed by atoms with van der Waals surface area (Å²) in [7, 11) is 0. The van der Waals surface area contributed by atoms with Gasteiger partial charge in [-0.05, 0) is 86.1 Å². The van der Waals surface area contributed by atoms with Crippen LogP contribution in [0.3, 0.4) is 0 Å². The van der Waals surface area contributed by atoms with Gasteiger partial charge in [-0.25, -0.2) is 8.78 Å². The van der Waals surface area contributed by atoms with Crippen molar-refractivity contribution < 1.29 is 31.1 Å². The van der Waals surface area contributed by atoms with E-state index >= 15 is 22.0 Å². The number of alkyl halides is 4. The van der Waals surface area contributed by atoms with Gasteiger partial charge in [0.25, 0.3) is 0 Å². The Morgan fingerprint density at radius 2 is 1.48 bits per heavy atom. The van der Waals surface area contributed by atoms with Crippen LogP contribution in [0.15, 0.2) is 36.9 Å². The summed E-state index contributed by atoms with van der Waals surface area (Å²) in [6, 6.07) is 4.81. The predicted octanol–water partition coefficient (Wildman–Crippen LogP) is 8.47. The topological polar surface area (TPSA) is 9.23 Å². The number of halogens is 6. The quantitative estimate of drug-likeness (QED) is 0.305. The van der Waals surface area contributed by atoms with Crippen molar-refractivity contribution in [1.29, 1.82) is 0 Å². The normalized spacial score (nSPS) is 22.9. The van der Waals surface area contributed by atoms with Gasteiger partial charge in [0.1, 0.15) is 5.82 Å². The van der Waals surface area contributed by atoms with Gasteiger partial charge in [0.2, 0.25) is 0 Å². The van der Waals surface area contributed by atoms with Crippen LogP contribution in [-0.4, -0.2) is 6.61 Å². The van der Waals surface area contributed by atoms with Crippen molar-refractivity contribution in [2.75, 3.05) is 6.61 Å². The van der Waals surface area contributed by atoms with Crippen LogP contribution >= 0.6 is 0 Å². The first kappa shape index (κ1) is 23.7. The lowest BCUT2D eigenvalue weighted by Gasteiger charge is -2.37. The van der Waals surface area contributed by atoms with Crippen LogP contribution in [0, 0.1) is 17.6 Å². The summed E-state index contributed by atoms with van der Waals surface area (Å²) in [5.41, 5.74) is -3.64. The maximum absolute atomic E-state index is 15.5. The second-order valence-electron chi connectivity index (χ2n) is 8.86. The molecule has 0 amide bonds. The first-order valence-corrected chi connectivity index (χ1v) is 11.3. The average Bonchev–Trinajstić information content (AvgIpc) is 2.78. The molecule has 0 radical (unpaired) electrons. The third kappa shape index (κ3) is 3.73. The molecule has 2 aromatic carbocycles. The smallest absolute Gasteiger partial charge is 0.343 e. The minimum absolute atomic E-state index is 0.0257. The van der Waals surface area contributed by atoms with Crippen molar-refractivity contribution in [3.05, 3.63) is 65.2 Å². The molecule has 2 aliphatic rings. The molecule has 0 atom stereocenters. The average molecular weight is 468 g/mol. The summed E-state index contributed by atoms with van der Waals surface area (Å²) in [4.78, 5) is 0. The lowest BCUT2D eigenvalue weighted by atomic mass is 9.74. The molecule has 2 aromatic rings. The van der Waals surface area contributed by atoms with Crippen molar-refractivity contribution in [3.63, 3.8) is 0 Å². The number of benzene rings is 2. The molecule has 1 nitrogen and oxygen atoms in total. The monoisotopic (exact) mass is 468 g/mol. The Morgan fingerprint density at radius 1 is 0.909 bits per heavy atom. The highest BCUT2D eigenvalue weighted by atomic mass is 19.3. The van der Waals surface area contributed by atoms with Crippen LogP contribution in [-0.2, 0) is 11.8 Å². The van der Waals surface area contributed by atoms with E-state index in [9.17, 15) is 4.39 Å². The van der Waals surface area contributed by atoms with E-state index < -0.39 is 51.5 Å². The summed E-state index contributed by atoms with van der Waals surface area (Å²) in [5.74, 6) is -13.1. The van der Waals surface area contributed by atoms with E-state index in [0.717, 1.165) is 37.8 Å². The summed E-state index contributed by atoms with van der Waals surface area (Å²) < 4.78 is 95.7. The molecule has 0 bridgehead atoms. The number of ether oxygens (including phenoxy) is 1. The molecule has 2 aliphatic carbocycles. The zero-order chi connectivity index (χ0) is 24.0. The molecule has 7 heteroatoms. The number of allylic oxidation sites excluding steroid dienone is 1. The summed E-state index contributed by atoms with van der Waals surface area (Å²) in [5, 5.41) is 0. The molecule has 4 rings (SSSR count). The Bertz CT molecular complexity index is 1050. The van der Waals surface area contributed by atoms with Crippen molar-refractivity contribution in [2.45, 2.75) is 63.2 Å². The molecule has 0 unspecified atom stereocenters. The zero-order valence-electron chi connectivity index (χ0n) is 18.4. The van der Waals surface area contributed by atoms with E-state index in [-0.39, 0.29) is 18.1 Å². The molecular formula is C26H26F6O. The fraction of sp³-hybridized carbons (Fsp3) is 0.462. The number of rotatable bonds is 6. The zero-order valence-corrected chi connectivity index (χ0v) is 18.4. The van der Waals surface area contributed by atoms with Gasteiger partial charge in [0.15, 0.2) is 11.6 Å².